The third-order valence-corrected chi connectivity index (χ3v) is 3.91. The van der Waals surface area contributed by atoms with Gasteiger partial charge in [0.1, 0.15) is 0 Å². The monoisotopic (exact) mass is 395 g/mol. The summed E-state index contributed by atoms with van der Waals surface area (Å²) in [6.07, 6.45) is 0. The van der Waals surface area contributed by atoms with Gasteiger partial charge in [0.05, 0.1) is 5.56 Å². The molecule has 1 N–H and O–H groups in total. The van der Waals surface area contributed by atoms with Gasteiger partial charge in [0, 0.05) is 20.2 Å². The maximum atomic E-state index is 12.2. The number of hydrogen-bond acceptors (Lipinski definition) is 2. The fraction of sp³-hybridized carbons (Fsp3) is 0.0667. The minimum absolute atomic E-state index is 0.00221. The highest BCUT2D eigenvalue weighted by atomic mass is 79.9. The van der Waals surface area contributed by atoms with Crippen LogP contribution in [0.15, 0.2) is 51.4 Å². The van der Waals surface area contributed by atoms with E-state index in [9.17, 15) is 9.59 Å². The third kappa shape index (κ3) is 3.55. The lowest BCUT2D eigenvalue weighted by Crippen LogP contribution is -2.12. The predicted octanol–water partition coefficient (Wildman–Crippen LogP) is 4.67. The largest absolute Gasteiger partial charge is 0.322 e. The fourth-order valence-electron chi connectivity index (χ4n) is 1.66. The van der Waals surface area contributed by atoms with E-state index in [0.29, 0.717) is 16.8 Å². The Morgan fingerprint density at radius 1 is 1.00 bits per heavy atom. The number of benzene rings is 2. The van der Waals surface area contributed by atoms with Gasteiger partial charge in [-0.1, -0.05) is 15.9 Å². The number of carbonyl (C=O) groups excluding carboxylic acids is 2. The van der Waals surface area contributed by atoms with Gasteiger partial charge < -0.3 is 5.32 Å². The molecule has 5 heteroatoms. The molecule has 3 nitrogen and oxygen atoms in total. The van der Waals surface area contributed by atoms with Crippen molar-refractivity contribution in [3.63, 3.8) is 0 Å². The van der Waals surface area contributed by atoms with Gasteiger partial charge in [0.15, 0.2) is 5.78 Å². The van der Waals surface area contributed by atoms with Crippen molar-refractivity contribution in [2.24, 2.45) is 0 Å². The summed E-state index contributed by atoms with van der Waals surface area (Å²) in [7, 11) is 0. The molecule has 0 radical (unpaired) electrons. The number of nitrogens with one attached hydrogen (secondary N) is 1. The predicted molar refractivity (Wildman–Crippen MR) is 86.2 cm³/mol. The fourth-order valence-corrected chi connectivity index (χ4v) is 2.45. The zero-order chi connectivity index (χ0) is 14.7. The molecule has 0 heterocycles. The first kappa shape index (κ1) is 14.9. The van der Waals surface area contributed by atoms with Crippen LogP contribution in [-0.4, -0.2) is 11.7 Å². The summed E-state index contributed by atoms with van der Waals surface area (Å²) >= 11 is 6.69. The molecule has 0 unspecified atom stereocenters. The Labute approximate surface area is 133 Å². The molecule has 0 saturated carbocycles. The van der Waals surface area contributed by atoms with E-state index >= 15 is 0 Å². The van der Waals surface area contributed by atoms with Crippen molar-refractivity contribution in [3.05, 3.63) is 62.5 Å². The van der Waals surface area contributed by atoms with Crippen molar-refractivity contribution < 1.29 is 9.59 Å². The molecule has 2 aromatic rings. The van der Waals surface area contributed by atoms with Gasteiger partial charge in [0.2, 0.25) is 0 Å². The van der Waals surface area contributed by atoms with Crippen molar-refractivity contribution in [1.82, 2.24) is 0 Å². The van der Waals surface area contributed by atoms with Gasteiger partial charge in [-0.05, 0) is 65.3 Å². The summed E-state index contributed by atoms with van der Waals surface area (Å²) in [4.78, 5) is 23.4. The van der Waals surface area contributed by atoms with Crippen LogP contribution in [0.2, 0.25) is 0 Å². The van der Waals surface area contributed by atoms with E-state index < -0.39 is 0 Å². The summed E-state index contributed by atoms with van der Waals surface area (Å²) in [6.45, 7) is 1.51. The molecule has 0 spiro atoms. The number of carbonyl (C=O) groups is 2. The zero-order valence-electron chi connectivity index (χ0n) is 10.6. The van der Waals surface area contributed by atoms with Crippen LogP contribution < -0.4 is 5.32 Å². The Morgan fingerprint density at radius 3 is 2.25 bits per heavy atom. The average Bonchev–Trinajstić information content (AvgIpc) is 2.42. The van der Waals surface area contributed by atoms with E-state index in [0.717, 1.165) is 8.95 Å². The first-order valence-corrected chi connectivity index (χ1v) is 7.43. The highest BCUT2D eigenvalue weighted by molar-refractivity contribution is 9.11. The van der Waals surface area contributed by atoms with Crippen molar-refractivity contribution in [2.45, 2.75) is 6.92 Å². The van der Waals surface area contributed by atoms with Crippen molar-refractivity contribution >= 4 is 49.2 Å². The SMILES string of the molecule is CC(=O)c1ccc(NC(=O)c2cc(Br)ccc2Br)cc1. The number of Topliss-reactive ketones (excluding diaryl/α,β-unsaturated/α-hetero) is 1. The smallest absolute Gasteiger partial charge is 0.256 e. The third-order valence-electron chi connectivity index (χ3n) is 2.72. The van der Waals surface area contributed by atoms with Crippen molar-refractivity contribution in [2.75, 3.05) is 5.32 Å². The molecule has 1 amide bonds. The molecule has 2 aromatic carbocycles. The van der Waals surface area contributed by atoms with Gasteiger partial charge in [-0.2, -0.15) is 0 Å². The van der Waals surface area contributed by atoms with Gasteiger partial charge >= 0.3 is 0 Å². The minimum atomic E-state index is -0.214. The summed E-state index contributed by atoms with van der Waals surface area (Å²) in [5.74, 6) is -0.216. The second-order valence-corrected chi connectivity index (χ2v) is 5.98. The van der Waals surface area contributed by atoms with Gasteiger partial charge in [-0.25, -0.2) is 0 Å². The van der Waals surface area contributed by atoms with E-state index in [1.807, 2.05) is 6.07 Å². The molecule has 0 fully saturated rings. The molecule has 0 aliphatic heterocycles. The van der Waals surface area contributed by atoms with Crippen LogP contribution in [0.25, 0.3) is 0 Å². The Bertz CT molecular complexity index is 666. The lowest BCUT2D eigenvalue weighted by molar-refractivity contribution is 0.101. The summed E-state index contributed by atoms with van der Waals surface area (Å²) in [6, 6.07) is 12.2. The van der Waals surface area contributed by atoms with Crippen LogP contribution in [0.5, 0.6) is 0 Å². The molecule has 0 aliphatic carbocycles. The highest BCUT2D eigenvalue weighted by Crippen LogP contribution is 2.22. The maximum Gasteiger partial charge on any atom is 0.256 e. The molecular formula is C15H11Br2NO2. The van der Waals surface area contributed by atoms with E-state index in [-0.39, 0.29) is 11.7 Å². The second-order valence-electron chi connectivity index (χ2n) is 4.21. The summed E-state index contributed by atoms with van der Waals surface area (Å²) < 4.78 is 1.55. The topological polar surface area (TPSA) is 46.2 Å². The van der Waals surface area contributed by atoms with E-state index in [1.165, 1.54) is 6.92 Å². The van der Waals surface area contributed by atoms with E-state index in [4.69, 9.17) is 0 Å². The first-order chi connectivity index (χ1) is 9.47. The molecule has 0 atom stereocenters. The standard InChI is InChI=1S/C15H11Br2NO2/c1-9(19)10-2-5-12(6-3-10)18-15(20)13-8-11(16)4-7-14(13)17/h2-8H,1H3,(H,18,20). The zero-order valence-corrected chi connectivity index (χ0v) is 13.8. The highest BCUT2D eigenvalue weighted by Gasteiger charge is 2.11. The normalized spacial score (nSPS) is 10.2. The lowest BCUT2D eigenvalue weighted by Gasteiger charge is -2.08. The minimum Gasteiger partial charge on any atom is -0.322 e. The molecule has 0 aliphatic rings. The van der Waals surface area contributed by atoms with Crippen LogP contribution in [0.3, 0.4) is 0 Å². The number of rotatable bonds is 3. The van der Waals surface area contributed by atoms with E-state index in [1.54, 1.807) is 36.4 Å². The maximum absolute atomic E-state index is 12.2. The number of halogens is 2. The molecule has 20 heavy (non-hydrogen) atoms. The molecule has 2 rings (SSSR count). The number of ketones is 1. The Hall–Kier alpha value is -1.46. The van der Waals surface area contributed by atoms with Crippen LogP contribution in [0.1, 0.15) is 27.6 Å². The lowest BCUT2D eigenvalue weighted by atomic mass is 10.1. The summed E-state index contributed by atoms with van der Waals surface area (Å²) in [5, 5.41) is 2.79. The summed E-state index contributed by atoms with van der Waals surface area (Å²) in [5.41, 5.74) is 1.80. The van der Waals surface area contributed by atoms with Gasteiger partial charge in [-0.15, -0.1) is 0 Å². The van der Waals surface area contributed by atoms with E-state index in [2.05, 4.69) is 37.2 Å². The molecule has 102 valence electrons. The van der Waals surface area contributed by atoms with Gasteiger partial charge in [-0.3, -0.25) is 9.59 Å². The number of amides is 1. The van der Waals surface area contributed by atoms with Crippen molar-refractivity contribution in [1.29, 1.82) is 0 Å². The van der Waals surface area contributed by atoms with Crippen LogP contribution in [0.4, 0.5) is 5.69 Å². The molecule has 0 bridgehead atoms. The number of hydrogen-bond donors (Lipinski definition) is 1. The average molecular weight is 397 g/mol. The Morgan fingerprint density at radius 2 is 1.65 bits per heavy atom. The Kier molecular flexibility index (Phi) is 4.73. The quantitative estimate of drug-likeness (QED) is 0.766. The number of anilines is 1. The van der Waals surface area contributed by atoms with Crippen LogP contribution >= 0.6 is 31.9 Å². The molecule has 0 saturated heterocycles. The second kappa shape index (κ2) is 6.33. The first-order valence-electron chi connectivity index (χ1n) is 5.85. The van der Waals surface area contributed by atoms with Crippen molar-refractivity contribution in [3.8, 4) is 0 Å². The molecular weight excluding hydrogens is 386 g/mol. The Balaban J connectivity index is 2.19. The van der Waals surface area contributed by atoms with Crippen LogP contribution in [0, 0.1) is 0 Å². The molecule has 0 aromatic heterocycles. The van der Waals surface area contributed by atoms with Crippen LogP contribution in [-0.2, 0) is 0 Å². The van der Waals surface area contributed by atoms with Gasteiger partial charge in [0.25, 0.3) is 5.91 Å².